The third-order valence-electron chi connectivity index (χ3n) is 3.94. The zero-order chi connectivity index (χ0) is 20.4. The molecule has 3 rings (SSSR count). The van der Waals surface area contributed by atoms with Crippen LogP contribution in [0.3, 0.4) is 0 Å². The molecule has 5 nitrogen and oxygen atoms in total. The van der Waals surface area contributed by atoms with Gasteiger partial charge in [-0.05, 0) is 30.5 Å². The summed E-state index contributed by atoms with van der Waals surface area (Å²) in [6.07, 6.45) is 1.49. The van der Waals surface area contributed by atoms with E-state index in [-0.39, 0.29) is 29.6 Å². The summed E-state index contributed by atoms with van der Waals surface area (Å²) in [4.78, 5) is 25.4. The monoisotopic (exact) mass is 411 g/mol. The molecule has 0 aromatic heterocycles. The van der Waals surface area contributed by atoms with Gasteiger partial charge < -0.3 is 5.32 Å². The first-order chi connectivity index (χ1) is 13.3. The lowest BCUT2D eigenvalue weighted by Gasteiger charge is -2.24. The summed E-state index contributed by atoms with van der Waals surface area (Å²) in [6.45, 7) is 0. The van der Waals surface area contributed by atoms with Gasteiger partial charge in [0.05, 0.1) is 0 Å². The minimum absolute atomic E-state index is 0.0260. The van der Waals surface area contributed by atoms with E-state index in [1.807, 2.05) is 6.26 Å². The van der Waals surface area contributed by atoms with Crippen molar-refractivity contribution < 1.29 is 27.2 Å². The number of nitrogens with one attached hydrogen (secondary N) is 1. The number of amides is 2. The zero-order valence-electron chi connectivity index (χ0n) is 14.4. The molecule has 1 aliphatic rings. The van der Waals surface area contributed by atoms with Crippen molar-refractivity contribution in [2.45, 2.75) is 17.7 Å². The van der Waals surface area contributed by atoms with E-state index in [9.17, 15) is 27.2 Å². The Morgan fingerprint density at radius 3 is 2.25 bits per heavy atom. The standard InChI is InChI=1S/C18H13F4N3O2S/c1-28-10-4-2-9(3-5-10)23-18(27)13-6-7-14(26)25(24-13)17-15(21)11(19)8-12(20)16(17)22/h2-5,8H,6-7H2,1H3,(H,23,27). The third kappa shape index (κ3) is 3.86. The number of nitrogens with zero attached hydrogens (tertiary/aromatic N) is 2. The lowest BCUT2D eigenvalue weighted by Crippen LogP contribution is -2.37. The Labute approximate surface area is 161 Å². The summed E-state index contributed by atoms with van der Waals surface area (Å²) < 4.78 is 54.9. The van der Waals surface area contributed by atoms with E-state index in [4.69, 9.17) is 0 Å². The van der Waals surface area contributed by atoms with Crippen LogP contribution in [0.25, 0.3) is 0 Å². The number of thioether (sulfide) groups is 1. The molecule has 2 aromatic rings. The van der Waals surface area contributed by atoms with Crippen LogP contribution in [0.15, 0.2) is 40.3 Å². The number of hydrogen-bond acceptors (Lipinski definition) is 4. The molecule has 0 spiro atoms. The fourth-order valence-electron chi connectivity index (χ4n) is 2.52. The minimum atomic E-state index is -1.77. The Kier molecular flexibility index (Phi) is 5.68. The van der Waals surface area contributed by atoms with Gasteiger partial charge in [0, 0.05) is 29.5 Å². The fraction of sp³-hybridized carbons (Fsp3) is 0.167. The zero-order valence-corrected chi connectivity index (χ0v) is 15.2. The van der Waals surface area contributed by atoms with Crippen LogP contribution in [0, 0.1) is 23.3 Å². The molecule has 0 unspecified atom stereocenters. The topological polar surface area (TPSA) is 61.8 Å². The highest BCUT2D eigenvalue weighted by Crippen LogP contribution is 2.30. The second-order valence-corrected chi connectivity index (χ2v) is 6.63. The van der Waals surface area contributed by atoms with Crippen molar-refractivity contribution in [1.29, 1.82) is 0 Å². The second-order valence-electron chi connectivity index (χ2n) is 5.75. The molecule has 146 valence electrons. The van der Waals surface area contributed by atoms with Crippen LogP contribution in [0.5, 0.6) is 0 Å². The minimum Gasteiger partial charge on any atom is -0.321 e. The molecule has 0 saturated heterocycles. The van der Waals surface area contributed by atoms with Gasteiger partial charge in [0.2, 0.25) is 5.91 Å². The van der Waals surface area contributed by atoms with E-state index in [1.54, 1.807) is 24.3 Å². The van der Waals surface area contributed by atoms with Crippen LogP contribution in [0.2, 0.25) is 0 Å². The molecule has 28 heavy (non-hydrogen) atoms. The van der Waals surface area contributed by atoms with Gasteiger partial charge in [0.15, 0.2) is 23.3 Å². The summed E-state index contributed by atoms with van der Waals surface area (Å²) in [5.74, 6) is -8.50. The number of halogens is 4. The predicted molar refractivity (Wildman–Crippen MR) is 97.3 cm³/mol. The summed E-state index contributed by atoms with van der Waals surface area (Å²) in [5, 5.41) is 6.37. The van der Waals surface area contributed by atoms with E-state index in [2.05, 4.69) is 10.4 Å². The summed E-state index contributed by atoms with van der Waals surface area (Å²) >= 11 is 1.51. The van der Waals surface area contributed by atoms with E-state index in [0.717, 1.165) is 4.90 Å². The van der Waals surface area contributed by atoms with Crippen LogP contribution >= 0.6 is 11.8 Å². The number of carbonyl (C=O) groups is 2. The van der Waals surface area contributed by atoms with Gasteiger partial charge in [0.25, 0.3) is 5.91 Å². The molecule has 0 radical (unpaired) electrons. The molecule has 2 aromatic carbocycles. The van der Waals surface area contributed by atoms with Crippen molar-refractivity contribution >= 4 is 40.7 Å². The molecule has 0 saturated carbocycles. The van der Waals surface area contributed by atoms with Crippen molar-refractivity contribution in [2.24, 2.45) is 5.10 Å². The van der Waals surface area contributed by atoms with Gasteiger partial charge in [-0.25, -0.2) is 17.6 Å². The Balaban J connectivity index is 1.91. The van der Waals surface area contributed by atoms with Crippen molar-refractivity contribution in [3.8, 4) is 0 Å². The molecule has 1 aliphatic heterocycles. The molecular weight excluding hydrogens is 398 g/mol. The number of anilines is 2. The summed E-state index contributed by atoms with van der Waals surface area (Å²) in [7, 11) is 0. The van der Waals surface area contributed by atoms with Gasteiger partial charge >= 0.3 is 0 Å². The lowest BCUT2D eigenvalue weighted by molar-refractivity contribution is -0.118. The van der Waals surface area contributed by atoms with Crippen molar-refractivity contribution in [2.75, 3.05) is 16.6 Å². The van der Waals surface area contributed by atoms with Crippen LogP contribution < -0.4 is 10.3 Å². The van der Waals surface area contributed by atoms with Crippen molar-refractivity contribution in [1.82, 2.24) is 0 Å². The molecule has 10 heteroatoms. The number of rotatable bonds is 4. The number of benzene rings is 2. The predicted octanol–water partition coefficient (Wildman–Crippen LogP) is 4.09. The summed E-state index contributed by atoms with van der Waals surface area (Å²) in [5.41, 5.74) is -1.06. The molecule has 1 N–H and O–H groups in total. The highest BCUT2D eigenvalue weighted by atomic mass is 32.2. The first-order valence-electron chi connectivity index (χ1n) is 8.00. The normalized spacial score (nSPS) is 14.1. The number of hydrogen-bond donors (Lipinski definition) is 1. The van der Waals surface area contributed by atoms with Crippen molar-refractivity contribution in [3.05, 3.63) is 53.6 Å². The molecule has 0 atom stereocenters. The maximum atomic E-state index is 14.0. The van der Waals surface area contributed by atoms with Crippen LogP contribution in [-0.4, -0.2) is 23.8 Å². The fourth-order valence-corrected chi connectivity index (χ4v) is 2.92. The smallest absolute Gasteiger partial charge is 0.271 e. The maximum Gasteiger partial charge on any atom is 0.271 e. The molecular formula is C18H13F4N3O2S. The first-order valence-corrected chi connectivity index (χ1v) is 9.23. The molecule has 0 bridgehead atoms. The quantitative estimate of drug-likeness (QED) is 0.468. The number of carbonyl (C=O) groups excluding carboxylic acids is 2. The van der Waals surface area contributed by atoms with Gasteiger partial charge in [-0.15, -0.1) is 11.8 Å². The lowest BCUT2D eigenvalue weighted by atomic mass is 10.1. The Hall–Kier alpha value is -2.88. The molecule has 0 aliphatic carbocycles. The number of hydrazone groups is 1. The molecule has 2 amide bonds. The molecule has 0 fully saturated rings. The Morgan fingerprint density at radius 2 is 1.68 bits per heavy atom. The first kappa shape index (κ1) is 19.9. The van der Waals surface area contributed by atoms with E-state index < -0.39 is 40.8 Å². The highest BCUT2D eigenvalue weighted by Gasteiger charge is 2.32. The SMILES string of the molecule is CSc1ccc(NC(=O)C2=NN(c3c(F)c(F)cc(F)c3F)C(=O)CC2)cc1. The molecule has 1 heterocycles. The van der Waals surface area contributed by atoms with Crippen LogP contribution in [-0.2, 0) is 9.59 Å². The van der Waals surface area contributed by atoms with Gasteiger partial charge in [-0.1, -0.05) is 0 Å². The average molecular weight is 411 g/mol. The Morgan fingerprint density at radius 1 is 1.07 bits per heavy atom. The van der Waals surface area contributed by atoms with Gasteiger partial charge in [0.1, 0.15) is 11.4 Å². The van der Waals surface area contributed by atoms with Crippen molar-refractivity contribution in [3.63, 3.8) is 0 Å². The van der Waals surface area contributed by atoms with E-state index in [1.165, 1.54) is 11.8 Å². The van der Waals surface area contributed by atoms with Gasteiger partial charge in [-0.2, -0.15) is 10.1 Å². The largest absolute Gasteiger partial charge is 0.321 e. The second kappa shape index (κ2) is 8.01. The third-order valence-corrected chi connectivity index (χ3v) is 4.69. The van der Waals surface area contributed by atoms with Gasteiger partial charge in [-0.3, -0.25) is 9.59 Å². The highest BCUT2D eigenvalue weighted by molar-refractivity contribution is 7.98. The van der Waals surface area contributed by atoms with Crippen LogP contribution in [0.1, 0.15) is 12.8 Å². The Bertz CT molecular complexity index is 954. The van der Waals surface area contributed by atoms with Crippen LogP contribution in [0.4, 0.5) is 28.9 Å². The van der Waals surface area contributed by atoms with E-state index >= 15 is 0 Å². The average Bonchev–Trinajstić information content (AvgIpc) is 2.68. The maximum absolute atomic E-state index is 14.0. The summed E-state index contributed by atoms with van der Waals surface area (Å²) in [6, 6.07) is 6.88. The van der Waals surface area contributed by atoms with E-state index in [0.29, 0.717) is 5.69 Å².